The SMILES string of the molecule is C[C@H]1[C@H](O)C[C@H]2C[C@@]3(OC2(C)C)[C@H](C)CC[C@H]13. The van der Waals surface area contributed by atoms with Gasteiger partial charge in [-0.3, -0.25) is 0 Å². The molecule has 0 unspecified atom stereocenters. The van der Waals surface area contributed by atoms with Gasteiger partial charge in [-0.25, -0.2) is 0 Å². The van der Waals surface area contributed by atoms with Crippen LogP contribution in [0.2, 0.25) is 0 Å². The van der Waals surface area contributed by atoms with Crippen molar-refractivity contribution in [1.82, 2.24) is 0 Å². The van der Waals surface area contributed by atoms with Crippen LogP contribution in [0.5, 0.6) is 0 Å². The van der Waals surface area contributed by atoms with Crippen molar-refractivity contribution in [2.24, 2.45) is 23.7 Å². The molecule has 3 aliphatic rings. The molecule has 1 saturated heterocycles. The van der Waals surface area contributed by atoms with E-state index in [2.05, 4.69) is 27.7 Å². The normalized spacial score (nSPS) is 56.6. The van der Waals surface area contributed by atoms with Crippen LogP contribution in [0.15, 0.2) is 0 Å². The van der Waals surface area contributed by atoms with Crippen LogP contribution in [0.3, 0.4) is 0 Å². The van der Waals surface area contributed by atoms with Crippen molar-refractivity contribution in [3.05, 3.63) is 0 Å². The van der Waals surface area contributed by atoms with Gasteiger partial charge in [0.15, 0.2) is 0 Å². The highest BCUT2D eigenvalue weighted by Gasteiger charge is 2.63. The summed E-state index contributed by atoms with van der Waals surface area (Å²) < 4.78 is 6.58. The molecule has 2 heteroatoms. The van der Waals surface area contributed by atoms with E-state index in [9.17, 15) is 5.11 Å². The van der Waals surface area contributed by atoms with Crippen LogP contribution in [-0.2, 0) is 4.74 Å². The summed E-state index contributed by atoms with van der Waals surface area (Å²) in [5.41, 5.74) is 0.0308. The maximum Gasteiger partial charge on any atom is 0.0750 e. The Morgan fingerprint density at radius 2 is 1.88 bits per heavy atom. The van der Waals surface area contributed by atoms with Gasteiger partial charge in [-0.05, 0) is 63.2 Å². The summed E-state index contributed by atoms with van der Waals surface area (Å²) in [5.74, 6) is 2.16. The number of aliphatic hydroxyl groups is 1. The van der Waals surface area contributed by atoms with Crippen LogP contribution in [0.4, 0.5) is 0 Å². The van der Waals surface area contributed by atoms with Crippen LogP contribution in [0.1, 0.15) is 53.4 Å². The summed E-state index contributed by atoms with van der Waals surface area (Å²) in [5, 5.41) is 10.4. The molecule has 2 aliphatic carbocycles. The number of rotatable bonds is 0. The highest BCUT2D eigenvalue weighted by atomic mass is 16.5. The monoisotopic (exact) mass is 238 g/mol. The fourth-order valence-corrected chi connectivity index (χ4v) is 4.91. The van der Waals surface area contributed by atoms with E-state index < -0.39 is 0 Å². The molecule has 1 N–H and O–H groups in total. The molecule has 0 amide bonds. The Morgan fingerprint density at radius 3 is 2.59 bits per heavy atom. The molecule has 0 radical (unpaired) electrons. The van der Waals surface area contributed by atoms with Gasteiger partial charge in [0, 0.05) is 0 Å². The van der Waals surface area contributed by atoms with Gasteiger partial charge in [0.05, 0.1) is 17.3 Å². The van der Waals surface area contributed by atoms with Crippen LogP contribution in [0.25, 0.3) is 0 Å². The molecule has 1 aliphatic heterocycles. The topological polar surface area (TPSA) is 29.5 Å². The summed E-state index contributed by atoms with van der Waals surface area (Å²) in [4.78, 5) is 0. The molecule has 6 atom stereocenters. The highest BCUT2D eigenvalue weighted by molar-refractivity contribution is 5.11. The lowest BCUT2D eigenvalue weighted by molar-refractivity contribution is -0.158. The minimum absolute atomic E-state index is 0.0437. The van der Waals surface area contributed by atoms with E-state index in [-0.39, 0.29) is 17.3 Å². The van der Waals surface area contributed by atoms with Crippen LogP contribution in [0, 0.1) is 23.7 Å². The Morgan fingerprint density at radius 1 is 1.18 bits per heavy atom. The first kappa shape index (κ1) is 12.0. The maximum absolute atomic E-state index is 10.4. The van der Waals surface area contributed by atoms with E-state index in [1.165, 1.54) is 19.3 Å². The molecule has 17 heavy (non-hydrogen) atoms. The van der Waals surface area contributed by atoms with E-state index in [1.807, 2.05) is 0 Å². The zero-order valence-corrected chi connectivity index (χ0v) is 11.6. The quantitative estimate of drug-likeness (QED) is 0.703. The van der Waals surface area contributed by atoms with Gasteiger partial charge in [-0.1, -0.05) is 13.8 Å². The first-order valence-corrected chi connectivity index (χ1v) is 7.25. The number of hydrogen-bond donors (Lipinski definition) is 1. The van der Waals surface area contributed by atoms with Crippen molar-refractivity contribution in [3.63, 3.8) is 0 Å². The smallest absolute Gasteiger partial charge is 0.0750 e. The predicted molar refractivity (Wildman–Crippen MR) is 67.7 cm³/mol. The average molecular weight is 238 g/mol. The Labute approximate surface area is 105 Å². The zero-order valence-electron chi connectivity index (χ0n) is 11.6. The van der Waals surface area contributed by atoms with E-state index in [0.29, 0.717) is 23.7 Å². The fourth-order valence-electron chi connectivity index (χ4n) is 4.91. The second-order valence-electron chi connectivity index (χ2n) is 7.31. The van der Waals surface area contributed by atoms with Crippen molar-refractivity contribution >= 4 is 0 Å². The highest BCUT2D eigenvalue weighted by Crippen LogP contribution is 2.61. The second-order valence-corrected chi connectivity index (χ2v) is 7.31. The molecule has 2 saturated carbocycles. The van der Waals surface area contributed by atoms with Gasteiger partial charge in [0.1, 0.15) is 0 Å². The molecule has 0 aromatic heterocycles. The van der Waals surface area contributed by atoms with E-state index in [4.69, 9.17) is 4.74 Å². The molecule has 98 valence electrons. The third-order valence-corrected chi connectivity index (χ3v) is 6.14. The lowest BCUT2D eigenvalue weighted by atomic mass is 9.76. The summed E-state index contributed by atoms with van der Waals surface area (Å²) in [6, 6.07) is 0. The Hall–Kier alpha value is -0.0800. The first-order valence-electron chi connectivity index (χ1n) is 7.25. The van der Waals surface area contributed by atoms with E-state index in [0.717, 1.165) is 6.42 Å². The third kappa shape index (κ3) is 1.46. The fraction of sp³-hybridized carbons (Fsp3) is 1.00. The standard InChI is InChI=1S/C15H26O2/c1-9-5-6-12-10(2)13(16)7-11-8-15(9,12)17-14(11,3)4/h9-13,16H,5-8H2,1-4H3/t9-,10-,11+,12-,13-,15-/m1/s1. The minimum Gasteiger partial charge on any atom is -0.393 e. The molecule has 2 bridgehead atoms. The van der Waals surface area contributed by atoms with Gasteiger partial charge >= 0.3 is 0 Å². The summed E-state index contributed by atoms with van der Waals surface area (Å²) >= 11 is 0. The molecule has 1 spiro atoms. The van der Waals surface area contributed by atoms with Crippen molar-refractivity contribution in [2.45, 2.75) is 70.7 Å². The van der Waals surface area contributed by atoms with Crippen LogP contribution >= 0.6 is 0 Å². The molecular formula is C15H26O2. The number of aliphatic hydroxyl groups excluding tert-OH is 1. The van der Waals surface area contributed by atoms with Crippen molar-refractivity contribution in [1.29, 1.82) is 0 Å². The summed E-state index contributed by atoms with van der Waals surface area (Å²) in [6.07, 6.45) is 4.49. The first-order chi connectivity index (χ1) is 7.87. The second kappa shape index (κ2) is 3.48. The van der Waals surface area contributed by atoms with Gasteiger partial charge < -0.3 is 9.84 Å². The van der Waals surface area contributed by atoms with Gasteiger partial charge in [0.25, 0.3) is 0 Å². The van der Waals surface area contributed by atoms with Crippen molar-refractivity contribution < 1.29 is 9.84 Å². The molecule has 2 nitrogen and oxygen atoms in total. The number of hydrogen-bond acceptors (Lipinski definition) is 2. The molecule has 1 heterocycles. The summed E-state index contributed by atoms with van der Waals surface area (Å²) in [7, 11) is 0. The molecule has 0 aromatic rings. The van der Waals surface area contributed by atoms with Crippen LogP contribution < -0.4 is 0 Å². The van der Waals surface area contributed by atoms with Crippen LogP contribution in [-0.4, -0.2) is 22.4 Å². The van der Waals surface area contributed by atoms with Crippen molar-refractivity contribution in [3.8, 4) is 0 Å². The Bertz CT molecular complexity index is 325. The number of fused-ring (bicyclic) bond motifs is 1. The average Bonchev–Trinajstić information content (AvgIpc) is 2.63. The van der Waals surface area contributed by atoms with E-state index in [1.54, 1.807) is 0 Å². The molecule has 3 fully saturated rings. The lowest BCUT2D eigenvalue weighted by Gasteiger charge is -2.42. The lowest BCUT2D eigenvalue weighted by Crippen LogP contribution is -2.46. The Balaban J connectivity index is 2.03. The third-order valence-electron chi connectivity index (χ3n) is 6.14. The maximum atomic E-state index is 10.4. The minimum atomic E-state index is -0.125. The predicted octanol–water partition coefficient (Wildman–Crippen LogP) is 2.99. The van der Waals surface area contributed by atoms with Gasteiger partial charge in [-0.15, -0.1) is 0 Å². The summed E-state index contributed by atoms with van der Waals surface area (Å²) in [6.45, 7) is 9.02. The Kier molecular flexibility index (Phi) is 2.45. The zero-order chi connectivity index (χ0) is 12.4. The largest absolute Gasteiger partial charge is 0.393 e. The van der Waals surface area contributed by atoms with Gasteiger partial charge in [-0.2, -0.15) is 0 Å². The molecular weight excluding hydrogens is 212 g/mol. The van der Waals surface area contributed by atoms with Gasteiger partial charge in [0.2, 0.25) is 0 Å². The van der Waals surface area contributed by atoms with Crippen molar-refractivity contribution in [2.75, 3.05) is 0 Å². The number of ether oxygens (including phenoxy) is 1. The molecule has 0 aromatic carbocycles. The molecule has 3 rings (SSSR count). The van der Waals surface area contributed by atoms with E-state index >= 15 is 0 Å².